The molecule has 138 valence electrons. The van der Waals surface area contributed by atoms with E-state index < -0.39 is 0 Å². The molecular formula is C20H22N6O. The fourth-order valence-corrected chi connectivity index (χ4v) is 3.32. The van der Waals surface area contributed by atoms with Crippen LogP contribution in [0.5, 0.6) is 0 Å². The van der Waals surface area contributed by atoms with Gasteiger partial charge in [0.15, 0.2) is 0 Å². The van der Waals surface area contributed by atoms with Crippen LogP contribution in [0.4, 0.5) is 5.82 Å². The summed E-state index contributed by atoms with van der Waals surface area (Å²) >= 11 is 0. The van der Waals surface area contributed by atoms with E-state index in [-0.39, 0.29) is 5.91 Å². The summed E-state index contributed by atoms with van der Waals surface area (Å²) in [6.07, 6.45) is 5.32. The third-order valence-electron chi connectivity index (χ3n) is 4.74. The summed E-state index contributed by atoms with van der Waals surface area (Å²) in [5.74, 6) is 2.49. The second-order valence-corrected chi connectivity index (χ2v) is 6.75. The molecule has 0 unspecified atom stereocenters. The van der Waals surface area contributed by atoms with Gasteiger partial charge >= 0.3 is 0 Å². The minimum absolute atomic E-state index is 0.0938. The molecule has 3 heterocycles. The number of imidazole rings is 1. The number of hydrogen-bond acceptors (Lipinski definition) is 5. The van der Waals surface area contributed by atoms with Crippen LogP contribution in [0.1, 0.15) is 21.7 Å². The van der Waals surface area contributed by atoms with Crippen LogP contribution in [0, 0.1) is 13.8 Å². The lowest BCUT2D eigenvalue weighted by atomic mass is 10.1. The number of carbonyl (C=O) groups is 1. The zero-order valence-corrected chi connectivity index (χ0v) is 15.5. The maximum absolute atomic E-state index is 12.7. The van der Waals surface area contributed by atoms with Crippen molar-refractivity contribution in [3.8, 4) is 5.82 Å². The van der Waals surface area contributed by atoms with Gasteiger partial charge in [-0.05, 0) is 26.0 Å². The van der Waals surface area contributed by atoms with Gasteiger partial charge in [-0.3, -0.25) is 9.36 Å². The molecule has 7 nitrogen and oxygen atoms in total. The zero-order valence-electron chi connectivity index (χ0n) is 15.5. The first kappa shape index (κ1) is 17.2. The normalized spacial score (nSPS) is 14.4. The van der Waals surface area contributed by atoms with Crippen molar-refractivity contribution in [2.75, 3.05) is 31.1 Å². The summed E-state index contributed by atoms with van der Waals surface area (Å²) < 4.78 is 1.87. The minimum atomic E-state index is 0.0938. The molecule has 1 amide bonds. The number of amides is 1. The van der Waals surface area contributed by atoms with E-state index in [1.807, 2.05) is 59.8 Å². The molecule has 1 aliphatic rings. The quantitative estimate of drug-likeness (QED) is 0.715. The monoisotopic (exact) mass is 362 g/mol. The van der Waals surface area contributed by atoms with Gasteiger partial charge < -0.3 is 9.80 Å². The Bertz CT molecular complexity index is 945. The number of aryl methyl sites for hydroxylation is 2. The average Bonchev–Trinajstić information content (AvgIpc) is 3.22. The van der Waals surface area contributed by atoms with E-state index in [2.05, 4.69) is 19.9 Å². The lowest BCUT2D eigenvalue weighted by Gasteiger charge is -2.35. The third kappa shape index (κ3) is 3.67. The van der Waals surface area contributed by atoms with Crippen molar-refractivity contribution in [1.29, 1.82) is 0 Å². The maximum Gasteiger partial charge on any atom is 0.253 e. The van der Waals surface area contributed by atoms with Crippen molar-refractivity contribution in [3.63, 3.8) is 0 Å². The van der Waals surface area contributed by atoms with E-state index in [4.69, 9.17) is 0 Å². The van der Waals surface area contributed by atoms with Crippen LogP contribution in [0.25, 0.3) is 5.82 Å². The second kappa shape index (κ2) is 7.19. The molecule has 0 atom stereocenters. The highest BCUT2D eigenvalue weighted by atomic mass is 16.2. The lowest BCUT2D eigenvalue weighted by Crippen LogP contribution is -2.49. The van der Waals surface area contributed by atoms with Gasteiger partial charge in [-0.2, -0.15) is 0 Å². The number of nitrogens with zero attached hydrogens (tertiary/aromatic N) is 6. The summed E-state index contributed by atoms with van der Waals surface area (Å²) in [5, 5.41) is 0. The van der Waals surface area contributed by atoms with Crippen molar-refractivity contribution in [2.45, 2.75) is 13.8 Å². The predicted molar refractivity (Wildman–Crippen MR) is 103 cm³/mol. The van der Waals surface area contributed by atoms with E-state index in [9.17, 15) is 4.79 Å². The Hall–Kier alpha value is -3.22. The highest BCUT2D eigenvalue weighted by Gasteiger charge is 2.23. The van der Waals surface area contributed by atoms with Crippen LogP contribution in [-0.4, -0.2) is 56.5 Å². The van der Waals surface area contributed by atoms with E-state index in [0.717, 1.165) is 41.7 Å². The molecule has 27 heavy (non-hydrogen) atoms. The molecule has 0 N–H and O–H groups in total. The first-order valence-corrected chi connectivity index (χ1v) is 9.05. The van der Waals surface area contributed by atoms with Crippen LogP contribution >= 0.6 is 0 Å². The highest BCUT2D eigenvalue weighted by molar-refractivity contribution is 5.94. The Morgan fingerprint density at radius 3 is 2.48 bits per heavy atom. The summed E-state index contributed by atoms with van der Waals surface area (Å²) in [4.78, 5) is 30.0. The molecule has 0 aliphatic carbocycles. The molecule has 1 aliphatic heterocycles. The molecule has 1 fully saturated rings. The standard InChI is InChI=1S/C20H22N6O/c1-15-4-3-5-17(12-15)20(27)25-10-8-24(9-11-25)18-13-19(23-16(2)22-18)26-7-6-21-14-26/h3-7,12-14H,8-11H2,1-2H3. The van der Waals surface area contributed by atoms with Gasteiger partial charge in [0, 0.05) is 50.2 Å². The van der Waals surface area contributed by atoms with E-state index in [0.29, 0.717) is 13.1 Å². The van der Waals surface area contributed by atoms with Gasteiger partial charge in [0.2, 0.25) is 0 Å². The second-order valence-electron chi connectivity index (χ2n) is 6.75. The molecular weight excluding hydrogens is 340 g/mol. The molecule has 4 rings (SSSR count). The van der Waals surface area contributed by atoms with Gasteiger partial charge in [0.25, 0.3) is 5.91 Å². The lowest BCUT2D eigenvalue weighted by molar-refractivity contribution is 0.0746. The zero-order chi connectivity index (χ0) is 18.8. The van der Waals surface area contributed by atoms with Crippen LogP contribution in [-0.2, 0) is 0 Å². The van der Waals surface area contributed by atoms with E-state index in [1.165, 1.54) is 0 Å². The molecule has 7 heteroatoms. The molecule has 0 spiro atoms. The number of piperazine rings is 1. The Balaban J connectivity index is 1.47. The number of rotatable bonds is 3. The topological polar surface area (TPSA) is 67.2 Å². The van der Waals surface area contributed by atoms with Crippen LogP contribution in [0.3, 0.4) is 0 Å². The molecule has 3 aromatic rings. The van der Waals surface area contributed by atoms with Crippen molar-refractivity contribution in [3.05, 3.63) is 66.0 Å². The number of carbonyl (C=O) groups excluding carboxylic acids is 1. The molecule has 0 bridgehead atoms. The van der Waals surface area contributed by atoms with Crippen molar-refractivity contribution >= 4 is 11.7 Å². The van der Waals surface area contributed by atoms with Gasteiger partial charge in [-0.25, -0.2) is 15.0 Å². The largest absolute Gasteiger partial charge is 0.353 e. The molecule has 1 aromatic carbocycles. The SMILES string of the molecule is Cc1cccc(C(=O)N2CCN(c3cc(-n4ccnc4)nc(C)n3)CC2)c1. The molecule has 0 radical (unpaired) electrons. The first-order chi connectivity index (χ1) is 13.1. The third-order valence-corrected chi connectivity index (χ3v) is 4.74. The fourth-order valence-electron chi connectivity index (χ4n) is 3.32. The first-order valence-electron chi connectivity index (χ1n) is 9.05. The van der Waals surface area contributed by atoms with E-state index >= 15 is 0 Å². The maximum atomic E-state index is 12.7. The van der Waals surface area contributed by atoms with Gasteiger partial charge in [-0.15, -0.1) is 0 Å². The van der Waals surface area contributed by atoms with Gasteiger partial charge in [0.1, 0.15) is 23.8 Å². The summed E-state index contributed by atoms with van der Waals surface area (Å²) in [7, 11) is 0. The molecule has 2 aromatic heterocycles. The van der Waals surface area contributed by atoms with Gasteiger partial charge in [-0.1, -0.05) is 17.7 Å². The Morgan fingerprint density at radius 1 is 1.00 bits per heavy atom. The number of aromatic nitrogens is 4. The fraction of sp³-hybridized carbons (Fsp3) is 0.300. The average molecular weight is 362 g/mol. The summed E-state index contributed by atoms with van der Waals surface area (Å²) in [6.45, 7) is 6.74. The molecule has 0 saturated carbocycles. The van der Waals surface area contributed by atoms with Crippen LogP contribution in [0.15, 0.2) is 49.1 Å². The summed E-state index contributed by atoms with van der Waals surface area (Å²) in [5.41, 5.74) is 1.85. The highest BCUT2D eigenvalue weighted by Crippen LogP contribution is 2.18. The molecule has 1 saturated heterocycles. The Morgan fingerprint density at radius 2 is 1.78 bits per heavy atom. The smallest absolute Gasteiger partial charge is 0.253 e. The number of hydrogen-bond donors (Lipinski definition) is 0. The van der Waals surface area contributed by atoms with Crippen molar-refractivity contribution < 1.29 is 4.79 Å². The number of benzene rings is 1. The Kier molecular flexibility index (Phi) is 4.58. The van der Waals surface area contributed by atoms with Gasteiger partial charge in [0.05, 0.1) is 0 Å². The Labute approximate surface area is 158 Å². The van der Waals surface area contributed by atoms with Crippen molar-refractivity contribution in [2.24, 2.45) is 0 Å². The number of anilines is 1. The van der Waals surface area contributed by atoms with Crippen molar-refractivity contribution in [1.82, 2.24) is 24.4 Å². The van der Waals surface area contributed by atoms with E-state index in [1.54, 1.807) is 12.5 Å². The predicted octanol–water partition coefficient (Wildman–Crippen LogP) is 2.24. The van der Waals surface area contributed by atoms with Crippen LogP contribution < -0.4 is 4.90 Å². The van der Waals surface area contributed by atoms with Crippen LogP contribution in [0.2, 0.25) is 0 Å². The summed E-state index contributed by atoms with van der Waals surface area (Å²) in [6, 6.07) is 9.73. The minimum Gasteiger partial charge on any atom is -0.353 e.